The Balaban J connectivity index is 1.24. The van der Waals surface area contributed by atoms with Crippen molar-refractivity contribution in [1.29, 1.82) is 0 Å². The Hall–Kier alpha value is -3.43. The molecule has 1 saturated heterocycles. The fourth-order valence-electron chi connectivity index (χ4n) is 6.28. The van der Waals surface area contributed by atoms with Gasteiger partial charge < -0.3 is 9.64 Å². The molecule has 9 heteroatoms. The van der Waals surface area contributed by atoms with Crippen LogP contribution in [0, 0.1) is 5.92 Å². The number of hydrogen-bond donors (Lipinski definition) is 0. The van der Waals surface area contributed by atoms with Crippen LogP contribution in [0.5, 0.6) is 0 Å². The molecule has 1 saturated carbocycles. The molecule has 1 aliphatic carbocycles. The zero-order valence-corrected chi connectivity index (χ0v) is 25.0. The zero-order valence-electron chi connectivity index (χ0n) is 24.2. The van der Waals surface area contributed by atoms with Gasteiger partial charge in [0.15, 0.2) is 5.16 Å². The van der Waals surface area contributed by atoms with E-state index in [4.69, 9.17) is 9.72 Å². The van der Waals surface area contributed by atoms with Crippen molar-refractivity contribution in [1.82, 2.24) is 19.4 Å². The summed E-state index contributed by atoms with van der Waals surface area (Å²) in [6.07, 6.45) is 6.60. The van der Waals surface area contributed by atoms with Gasteiger partial charge in [-0.05, 0) is 36.1 Å². The van der Waals surface area contributed by atoms with E-state index < -0.39 is 0 Å². The Bertz CT molecular complexity index is 1500. The summed E-state index contributed by atoms with van der Waals surface area (Å²) >= 11 is 1.70. The molecular weight excluding hydrogens is 548 g/mol. The number of amides is 1. The Morgan fingerprint density at radius 3 is 2.52 bits per heavy atom. The SMILES string of the molecule is COC(=O)Cc1cccc(-n2c(SC3CCCCC3)nc3c(c2=O)CN(C(=O)C2CN(Cc4ccccc4)C2)CC3)c1. The summed E-state index contributed by atoms with van der Waals surface area (Å²) in [5, 5.41) is 1.13. The lowest BCUT2D eigenvalue weighted by atomic mass is 9.96. The van der Waals surface area contributed by atoms with Crippen LogP contribution >= 0.6 is 11.8 Å². The van der Waals surface area contributed by atoms with Crippen molar-refractivity contribution in [2.45, 2.75) is 68.4 Å². The number of rotatable bonds is 8. The molecule has 1 amide bonds. The van der Waals surface area contributed by atoms with E-state index in [0.29, 0.717) is 34.6 Å². The molecule has 2 aromatic carbocycles. The smallest absolute Gasteiger partial charge is 0.309 e. The summed E-state index contributed by atoms with van der Waals surface area (Å²) < 4.78 is 6.57. The first-order valence-electron chi connectivity index (χ1n) is 15.0. The summed E-state index contributed by atoms with van der Waals surface area (Å²) in [5.41, 5.74) is 4.00. The van der Waals surface area contributed by atoms with E-state index in [1.807, 2.05) is 47.4 Å². The van der Waals surface area contributed by atoms with Gasteiger partial charge >= 0.3 is 5.97 Å². The highest BCUT2D eigenvalue weighted by atomic mass is 32.2. The van der Waals surface area contributed by atoms with E-state index in [0.717, 1.165) is 43.7 Å². The Labute approximate surface area is 251 Å². The molecule has 3 heterocycles. The van der Waals surface area contributed by atoms with E-state index in [1.165, 1.54) is 31.9 Å². The van der Waals surface area contributed by atoms with Crippen LogP contribution in [0.25, 0.3) is 5.69 Å². The van der Waals surface area contributed by atoms with Gasteiger partial charge in [-0.1, -0.05) is 73.5 Å². The van der Waals surface area contributed by atoms with Gasteiger partial charge in [-0.2, -0.15) is 0 Å². The molecule has 0 atom stereocenters. The number of ether oxygens (including phenoxy) is 1. The van der Waals surface area contributed by atoms with Crippen LogP contribution < -0.4 is 5.56 Å². The van der Waals surface area contributed by atoms with Gasteiger partial charge in [0.25, 0.3) is 5.56 Å². The lowest BCUT2D eigenvalue weighted by molar-refractivity contribution is -0.142. The summed E-state index contributed by atoms with van der Waals surface area (Å²) in [6, 6.07) is 17.8. The summed E-state index contributed by atoms with van der Waals surface area (Å²) in [5.74, 6) is -0.245. The first-order valence-corrected chi connectivity index (χ1v) is 15.9. The quantitative estimate of drug-likeness (QED) is 0.286. The van der Waals surface area contributed by atoms with Crippen LogP contribution in [-0.2, 0) is 40.3 Å². The van der Waals surface area contributed by atoms with Gasteiger partial charge in [0.1, 0.15) is 0 Å². The van der Waals surface area contributed by atoms with E-state index >= 15 is 0 Å². The first-order chi connectivity index (χ1) is 20.5. The standard InChI is InChI=1S/C33H38N4O4S/c1-41-30(38)18-24-11-8-12-26(17-24)37-32(40)28-22-36(16-15-29(28)34-33(37)42-27-13-6-3-7-14-27)31(39)25-20-35(21-25)19-23-9-4-2-5-10-23/h2,4-5,8-12,17,25,27H,3,6-7,13-16,18-22H2,1H3. The molecule has 42 heavy (non-hydrogen) atoms. The number of hydrogen-bond acceptors (Lipinski definition) is 7. The minimum atomic E-state index is -0.327. The molecule has 3 aromatic rings. The number of carbonyl (C=O) groups is 2. The second-order valence-electron chi connectivity index (χ2n) is 11.6. The van der Waals surface area contributed by atoms with E-state index in [1.54, 1.807) is 16.3 Å². The largest absolute Gasteiger partial charge is 0.469 e. The van der Waals surface area contributed by atoms with Crippen LogP contribution in [0.4, 0.5) is 0 Å². The fraction of sp³-hybridized carbons (Fsp3) is 0.455. The van der Waals surface area contributed by atoms with Crippen LogP contribution in [0.1, 0.15) is 54.5 Å². The first kappa shape index (κ1) is 28.7. The van der Waals surface area contributed by atoms with Crippen molar-refractivity contribution in [3.63, 3.8) is 0 Å². The van der Waals surface area contributed by atoms with Crippen LogP contribution in [0.2, 0.25) is 0 Å². The van der Waals surface area contributed by atoms with Crippen molar-refractivity contribution in [2.24, 2.45) is 5.92 Å². The molecule has 0 radical (unpaired) electrons. The van der Waals surface area contributed by atoms with Crippen molar-refractivity contribution < 1.29 is 14.3 Å². The molecule has 8 nitrogen and oxygen atoms in total. The Morgan fingerprint density at radius 1 is 1.00 bits per heavy atom. The number of methoxy groups -OCH3 is 1. The topological polar surface area (TPSA) is 84.7 Å². The molecule has 2 fully saturated rings. The molecule has 1 aromatic heterocycles. The third-order valence-electron chi connectivity index (χ3n) is 8.64. The number of likely N-dealkylation sites (tertiary alicyclic amines) is 1. The van der Waals surface area contributed by atoms with Gasteiger partial charge in [-0.25, -0.2) is 4.98 Å². The third kappa shape index (κ3) is 6.32. The monoisotopic (exact) mass is 586 g/mol. The Kier molecular flexibility index (Phi) is 8.76. The maximum atomic E-state index is 14.2. The molecule has 2 aliphatic heterocycles. The summed E-state index contributed by atoms with van der Waals surface area (Å²) in [4.78, 5) is 48.9. The van der Waals surface area contributed by atoms with Crippen LogP contribution in [0.15, 0.2) is 64.5 Å². The average Bonchev–Trinajstić information content (AvgIpc) is 2.99. The highest BCUT2D eigenvalue weighted by Gasteiger charge is 2.37. The highest BCUT2D eigenvalue weighted by molar-refractivity contribution is 7.99. The number of esters is 1. The molecule has 6 rings (SSSR count). The van der Waals surface area contributed by atoms with Gasteiger partial charge in [-0.15, -0.1) is 0 Å². The van der Waals surface area contributed by atoms with Gasteiger partial charge in [-0.3, -0.25) is 23.9 Å². The maximum absolute atomic E-state index is 14.2. The number of thioether (sulfide) groups is 1. The average molecular weight is 587 g/mol. The zero-order chi connectivity index (χ0) is 29.1. The number of benzene rings is 2. The number of fused-ring (bicyclic) bond motifs is 1. The molecule has 0 unspecified atom stereocenters. The fourth-order valence-corrected chi connectivity index (χ4v) is 7.60. The second kappa shape index (κ2) is 12.8. The van der Waals surface area contributed by atoms with Crippen LogP contribution in [-0.4, -0.2) is 63.2 Å². The van der Waals surface area contributed by atoms with Gasteiger partial charge in [0.05, 0.1) is 42.9 Å². The molecule has 0 N–H and O–H groups in total. The number of carbonyl (C=O) groups excluding carboxylic acids is 2. The minimum absolute atomic E-state index is 0.0402. The predicted molar refractivity (Wildman–Crippen MR) is 163 cm³/mol. The number of nitrogens with zero attached hydrogens (tertiary/aromatic N) is 4. The molecule has 0 bridgehead atoms. The van der Waals surface area contributed by atoms with Gasteiger partial charge in [0.2, 0.25) is 5.91 Å². The highest BCUT2D eigenvalue weighted by Crippen LogP contribution is 2.34. The maximum Gasteiger partial charge on any atom is 0.309 e. The number of aromatic nitrogens is 2. The second-order valence-corrected chi connectivity index (χ2v) is 12.9. The molecular formula is C33H38N4O4S. The minimum Gasteiger partial charge on any atom is -0.469 e. The van der Waals surface area contributed by atoms with Crippen molar-refractivity contribution >= 4 is 23.6 Å². The Morgan fingerprint density at radius 2 is 1.76 bits per heavy atom. The van der Waals surface area contributed by atoms with Crippen LogP contribution in [0.3, 0.4) is 0 Å². The third-order valence-corrected chi connectivity index (χ3v) is 9.92. The molecule has 220 valence electrons. The van der Waals surface area contributed by atoms with Gasteiger partial charge in [0, 0.05) is 37.8 Å². The van der Waals surface area contributed by atoms with Crippen molar-refractivity contribution in [2.75, 3.05) is 26.7 Å². The van der Waals surface area contributed by atoms with E-state index in [-0.39, 0.29) is 36.3 Å². The molecule has 0 spiro atoms. The van der Waals surface area contributed by atoms with Crippen molar-refractivity contribution in [3.8, 4) is 5.69 Å². The summed E-state index contributed by atoms with van der Waals surface area (Å²) in [6.45, 7) is 3.19. The lowest BCUT2D eigenvalue weighted by Crippen LogP contribution is -2.55. The predicted octanol–water partition coefficient (Wildman–Crippen LogP) is 4.39. The normalized spacial score (nSPS) is 17.9. The molecule has 3 aliphatic rings. The summed E-state index contributed by atoms with van der Waals surface area (Å²) in [7, 11) is 1.38. The lowest BCUT2D eigenvalue weighted by Gasteiger charge is -2.41. The van der Waals surface area contributed by atoms with E-state index in [2.05, 4.69) is 17.0 Å². The van der Waals surface area contributed by atoms with E-state index in [9.17, 15) is 14.4 Å². The van der Waals surface area contributed by atoms with Crippen molar-refractivity contribution in [3.05, 3.63) is 87.3 Å².